The van der Waals surface area contributed by atoms with Crippen molar-refractivity contribution in [1.82, 2.24) is 24.6 Å². The van der Waals surface area contributed by atoms with Crippen LogP contribution >= 0.6 is 0 Å². The average Bonchev–Trinajstić information content (AvgIpc) is 2.85. The van der Waals surface area contributed by atoms with Crippen molar-refractivity contribution in [3.63, 3.8) is 0 Å². The maximum Gasteiger partial charge on any atom is 0.275 e. The van der Waals surface area contributed by atoms with Crippen LogP contribution in [0.4, 0.5) is 0 Å². The number of aromatic nitrogens is 4. The van der Waals surface area contributed by atoms with Gasteiger partial charge in [-0.25, -0.2) is 9.97 Å². The summed E-state index contributed by atoms with van der Waals surface area (Å²) in [5.41, 5.74) is 2.20. The second-order valence-corrected chi connectivity index (χ2v) is 4.85. The van der Waals surface area contributed by atoms with Gasteiger partial charge in [-0.3, -0.25) is 9.48 Å². The lowest BCUT2D eigenvalue weighted by Gasteiger charge is -2.15. The highest BCUT2D eigenvalue weighted by Crippen LogP contribution is 2.19. The van der Waals surface area contributed by atoms with Crippen LogP contribution in [0.25, 0.3) is 10.9 Å². The third-order valence-electron chi connectivity index (χ3n) is 3.35. The monoisotopic (exact) mass is 281 g/mol. The summed E-state index contributed by atoms with van der Waals surface area (Å²) in [7, 11) is 3.58. The van der Waals surface area contributed by atoms with Gasteiger partial charge in [-0.2, -0.15) is 5.10 Å². The van der Waals surface area contributed by atoms with Gasteiger partial charge in [0.15, 0.2) is 5.69 Å². The number of para-hydroxylation sites is 1. The normalized spacial score (nSPS) is 10.8. The molecule has 0 bridgehead atoms. The largest absolute Gasteiger partial charge is 0.334 e. The van der Waals surface area contributed by atoms with E-state index in [2.05, 4.69) is 15.1 Å². The Bertz CT molecular complexity index is 781. The van der Waals surface area contributed by atoms with E-state index >= 15 is 0 Å². The van der Waals surface area contributed by atoms with Gasteiger partial charge < -0.3 is 4.90 Å². The molecule has 2 aromatic heterocycles. The van der Waals surface area contributed by atoms with E-state index in [1.165, 1.54) is 6.33 Å². The third kappa shape index (κ3) is 2.47. The van der Waals surface area contributed by atoms with Crippen molar-refractivity contribution in [2.24, 2.45) is 7.05 Å². The number of carbonyl (C=O) groups excluding carboxylic acids is 1. The Labute approximate surface area is 122 Å². The van der Waals surface area contributed by atoms with Gasteiger partial charge in [-0.1, -0.05) is 18.2 Å². The number of rotatable bonds is 3. The van der Waals surface area contributed by atoms with Crippen molar-refractivity contribution in [2.75, 3.05) is 7.05 Å². The number of hydrogen-bond acceptors (Lipinski definition) is 4. The van der Waals surface area contributed by atoms with E-state index in [1.54, 1.807) is 28.9 Å². The summed E-state index contributed by atoms with van der Waals surface area (Å²) in [6, 6.07) is 9.49. The molecule has 1 amide bonds. The Morgan fingerprint density at radius 1 is 1.29 bits per heavy atom. The summed E-state index contributed by atoms with van der Waals surface area (Å²) in [5, 5.41) is 5.21. The van der Waals surface area contributed by atoms with Crippen LogP contribution in [-0.4, -0.2) is 37.6 Å². The van der Waals surface area contributed by atoms with E-state index in [1.807, 2.05) is 31.3 Å². The molecule has 0 N–H and O–H groups in total. The molecule has 0 radical (unpaired) electrons. The third-order valence-corrected chi connectivity index (χ3v) is 3.35. The molecule has 3 rings (SSSR count). The zero-order chi connectivity index (χ0) is 14.8. The SMILES string of the molecule is CN(Cc1ccncn1)C(=O)c1nn(C)c2ccccc12. The van der Waals surface area contributed by atoms with Crippen molar-refractivity contribution in [2.45, 2.75) is 6.54 Å². The molecule has 0 aliphatic heterocycles. The minimum Gasteiger partial charge on any atom is -0.334 e. The first-order valence-corrected chi connectivity index (χ1v) is 6.59. The maximum atomic E-state index is 12.6. The number of fused-ring (bicyclic) bond motifs is 1. The summed E-state index contributed by atoms with van der Waals surface area (Å²) in [5.74, 6) is -0.120. The molecule has 6 nitrogen and oxygen atoms in total. The molecule has 0 unspecified atom stereocenters. The Kier molecular flexibility index (Phi) is 3.35. The fourth-order valence-corrected chi connectivity index (χ4v) is 2.28. The van der Waals surface area contributed by atoms with Crippen molar-refractivity contribution < 1.29 is 4.79 Å². The molecule has 0 aliphatic carbocycles. The first-order valence-electron chi connectivity index (χ1n) is 6.59. The molecule has 6 heteroatoms. The number of aryl methyl sites for hydroxylation is 1. The van der Waals surface area contributed by atoms with Gasteiger partial charge in [0.05, 0.1) is 17.8 Å². The van der Waals surface area contributed by atoms with Crippen LogP contribution in [-0.2, 0) is 13.6 Å². The lowest BCUT2D eigenvalue weighted by molar-refractivity contribution is 0.0778. The van der Waals surface area contributed by atoms with E-state index in [9.17, 15) is 4.79 Å². The molecule has 0 atom stereocenters. The van der Waals surface area contributed by atoms with Crippen LogP contribution < -0.4 is 0 Å². The van der Waals surface area contributed by atoms with Crippen molar-refractivity contribution in [3.8, 4) is 0 Å². The molecule has 0 saturated heterocycles. The molecule has 0 aliphatic rings. The van der Waals surface area contributed by atoms with Gasteiger partial charge in [-0.05, 0) is 12.1 Å². The molecule has 106 valence electrons. The predicted octanol–water partition coefficient (Wildman–Crippen LogP) is 1.64. The topological polar surface area (TPSA) is 63.9 Å². The highest BCUT2D eigenvalue weighted by atomic mass is 16.2. The summed E-state index contributed by atoms with van der Waals surface area (Å²) >= 11 is 0. The number of benzene rings is 1. The molecule has 21 heavy (non-hydrogen) atoms. The average molecular weight is 281 g/mol. The van der Waals surface area contributed by atoms with Gasteiger partial charge in [0.1, 0.15) is 6.33 Å². The van der Waals surface area contributed by atoms with E-state index in [0.29, 0.717) is 12.2 Å². The van der Waals surface area contributed by atoms with E-state index in [4.69, 9.17) is 0 Å². The Hall–Kier alpha value is -2.76. The van der Waals surface area contributed by atoms with Gasteiger partial charge in [0.2, 0.25) is 0 Å². The Morgan fingerprint density at radius 3 is 2.86 bits per heavy atom. The number of nitrogens with zero attached hydrogens (tertiary/aromatic N) is 5. The number of hydrogen-bond donors (Lipinski definition) is 0. The summed E-state index contributed by atoms with van der Waals surface area (Å²) in [6.45, 7) is 0.423. The smallest absolute Gasteiger partial charge is 0.275 e. The Balaban J connectivity index is 1.90. The van der Waals surface area contributed by atoms with Crippen LogP contribution in [0, 0.1) is 0 Å². The van der Waals surface area contributed by atoms with Gasteiger partial charge in [0.25, 0.3) is 5.91 Å². The van der Waals surface area contributed by atoms with Crippen LogP contribution in [0.1, 0.15) is 16.2 Å². The molecule has 0 fully saturated rings. The van der Waals surface area contributed by atoms with E-state index in [-0.39, 0.29) is 5.91 Å². The predicted molar refractivity (Wildman–Crippen MR) is 78.5 cm³/mol. The highest BCUT2D eigenvalue weighted by molar-refractivity contribution is 6.04. The minimum absolute atomic E-state index is 0.120. The fourth-order valence-electron chi connectivity index (χ4n) is 2.28. The zero-order valence-corrected chi connectivity index (χ0v) is 11.9. The summed E-state index contributed by atoms with van der Waals surface area (Å²) < 4.78 is 1.72. The van der Waals surface area contributed by atoms with E-state index in [0.717, 1.165) is 16.6 Å². The molecule has 0 spiro atoms. The van der Waals surface area contributed by atoms with Crippen LogP contribution in [0.3, 0.4) is 0 Å². The van der Waals surface area contributed by atoms with Crippen molar-refractivity contribution in [1.29, 1.82) is 0 Å². The quantitative estimate of drug-likeness (QED) is 0.732. The fraction of sp³-hybridized carbons (Fsp3) is 0.200. The first kappa shape index (κ1) is 13.2. The van der Waals surface area contributed by atoms with Gasteiger partial charge >= 0.3 is 0 Å². The first-order chi connectivity index (χ1) is 10.2. The molecule has 1 aromatic carbocycles. The number of carbonyl (C=O) groups is 1. The van der Waals surface area contributed by atoms with Gasteiger partial charge in [0, 0.05) is 25.7 Å². The summed E-state index contributed by atoms with van der Waals surface area (Å²) in [6.07, 6.45) is 3.14. The summed E-state index contributed by atoms with van der Waals surface area (Å²) in [4.78, 5) is 22.2. The van der Waals surface area contributed by atoms with Crippen LogP contribution in [0.2, 0.25) is 0 Å². The second-order valence-electron chi connectivity index (χ2n) is 4.85. The molecular weight excluding hydrogens is 266 g/mol. The molecule has 2 heterocycles. The van der Waals surface area contributed by atoms with Crippen LogP contribution in [0.5, 0.6) is 0 Å². The van der Waals surface area contributed by atoms with Crippen LogP contribution in [0.15, 0.2) is 42.9 Å². The van der Waals surface area contributed by atoms with E-state index < -0.39 is 0 Å². The molecular formula is C15H15N5O. The number of amides is 1. The zero-order valence-electron chi connectivity index (χ0n) is 11.9. The molecule has 0 saturated carbocycles. The highest BCUT2D eigenvalue weighted by Gasteiger charge is 2.19. The maximum absolute atomic E-state index is 12.6. The van der Waals surface area contributed by atoms with Crippen molar-refractivity contribution in [3.05, 3.63) is 54.2 Å². The lowest BCUT2D eigenvalue weighted by atomic mass is 10.2. The standard InChI is InChI=1S/C15H15N5O/c1-19(9-11-7-8-16-10-17-11)15(21)14-12-5-3-4-6-13(12)20(2)18-14/h3-8,10H,9H2,1-2H3. The molecule has 3 aromatic rings. The minimum atomic E-state index is -0.120. The van der Waals surface area contributed by atoms with Gasteiger partial charge in [-0.15, -0.1) is 0 Å². The Morgan fingerprint density at radius 2 is 2.10 bits per heavy atom. The second kappa shape index (κ2) is 5.32. The van der Waals surface area contributed by atoms with Crippen molar-refractivity contribution >= 4 is 16.8 Å². The lowest BCUT2D eigenvalue weighted by Crippen LogP contribution is -2.27.